The van der Waals surface area contributed by atoms with Crippen LogP contribution < -0.4 is 5.32 Å². The summed E-state index contributed by atoms with van der Waals surface area (Å²) in [4.78, 5) is 34.7. The van der Waals surface area contributed by atoms with Gasteiger partial charge in [-0.25, -0.2) is 9.59 Å². The number of amides is 2. The van der Waals surface area contributed by atoms with E-state index in [1.165, 1.54) is 31.2 Å². The molecule has 2 amide bonds. The van der Waals surface area contributed by atoms with Crippen LogP contribution in [0.25, 0.3) is 0 Å². The lowest BCUT2D eigenvalue weighted by molar-refractivity contribution is -0.141. The van der Waals surface area contributed by atoms with Crippen molar-refractivity contribution < 1.29 is 24.2 Å². The number of nitrogens with zero attached hydrogens (tertiary/aromatic N) is 1. The molecule has 7 heteroatoms. The zero-order valence-electron chi connectivity index (χ0n) is 11.3. The van der Waals surface area contributed by atoms with E-state index in [0.717, 1.165) is 0 Å². The van der Waals surface area contributed by atoms with Crippen LogP contribution in [0, 0.1) is 0 Å². The first-order valence-corrected chi connectivity index (χ1v) is 5.82. The first kappa shape index (κ1) is 15.5. The summed E-state index contributed by atoms with van der Waals surface area (Å²) in [6.07, 6.45) is 0. The van der Waals surface area contributed by atoms with Crippen molar-refractivity contribution in [2.75, 3.05) is 20.7 Å². The number of hydrogen-bond donors (Lipinski definition) is 2. The van der Waals surface area contributed by atoms with E-state index in [-0.39, 0.29) is 18.7 Å². The molecule has 0 bridgehead atoms. The fourth-order valence-electron chi connectivity index (χ4n) is 1.46. The number of hydrogen-bond acceptors (Lipinski definition) is 4. The number of likely N-dealkylation sites (N-methyl/N-ethyl adjacent to an activating group) is 1. The van der Waals surface area contributed by atoms with Gasteiger partial charge < -0.3 is 20.1 Å². The highest BCUT2D eigenvalue weighted by Gasteiger charge is 2.12. The van der Waals surface area contributed by atoms with E-state index in [0.29, 0.717) is 5.56 Å². The van der Waals surface area contributed by atoms with Crippen molar-refractivity contribution in [3.05, 3.63) is 35.4 Å². The lowest BCUT2D eigenvalue weighted by Gasteiger charge is -2.16. The summed E-state index contributed by atoms with van der Waals surface area (Å²) in [6, 6.07) is 5.80. The van der Waals surface area contributed by atoms with Crippen LogP contribution in [0.15, 0.2) is 24.3 Å². The molecule has 0 saturated heterocycles. The smallest absolute Gasteiger partial charge is 0.335 e. The summed E-state index contributed by atoms with van der Waals surface area (Å²) in [5.74, 6) is -1.54. The van der Waals surface area contributed by atoms with Crippen molar-refractivity contribution in [3.63, 3.8) is 0 Å². The van der Waals surface area contributed by atoms with E-state index in [4.69, 9.17) is 5.11 Å². The molecule has 0 aliphatic rings. The number of carboxylic acids is 1. The van der Waals surface area contributed by atoms with Gasteiger partial charge in [0.15, 0.2) is 0 Å². The molecule has 0 unspecified atom stereocenters. The molecule has 0 aromatic heterocycles. The number of nitrogens with one attached hydrogen (secondary N) is 1. The van der Waals surface area contributed by atoms with Crippen LogP contribution in [0.5, 0.6) is 0 Å². The Labute approximate surface area is 116 Å². The Morgan fingerprint density at radius 3 is 2.65 bits per heavy atom. The number of carboxylic acid groups (broad SMARTS) is 1. The Morgan fingerprint density at radius 1 is 1.35 bits per heavy atom. The molecule has 0 fully saturated rings. The van der Waals surface area contributed by atoms with Gasteiger partial charge in [0.25, 0.3) is 0 Å². The average molecular weight is 280 g/mol. The van der Waals surface area contributed by atoms with E-state index < -0.39 is 18.0 Å². The molecule has 0 aliphatic carbocycles. The first-order valence-electron chi connectivity index (χ1n) is 5.82. The topological polar surface area (TPSA) is 95.9 Å². The molecule has 1 rings (SSSR count). The van der Waals surface area contributed by atoms with Gasteiger partial charge in [-0.15, -0.1) is 0 Å². The summed E-state index contributed by atoms with van der Waals surface area (Å²) in [6.45, 7) is 0.0168. The predicted octanol–water partition coefficient (Wildman–Crippen LogP) is 0.699. The van der Waals surface area contributed by atoms with E-state index >= 15 is 0 Å². The zero-order valence-corrected chi connectivity index (χ0v) is 11.3. The number of methoxy groups -OCH3 is 1. The van der Waals surface area contributed by atoms with Crippen LogP contribution in [-0.2, 0) is 16.1 Å². The molecule has 2 N–H and O–H groups in total. The summed E-state index contributed by atoms with van der Waals surface area (Å²) in [5, 5.41) is 11.4. The summed E-state index contributed by atoms with van der Waals surface area (Å²) in [7, 11) is 2.70. The number of esters is 1. The summed E-state index contributed by atoms with van der Waals surface area (Å²) >= 11 is 0. The second-order valence-electron chi connectivity index (χ2n) is 4.10. The normalized spacial score (nSPS) is 9.70. The maximum Gasteiger partial charge on any atom is 0.335 e. The Balaban J connectivity index is 2.54. The van der Waals surface area contributed by atoms with Crippen LogP contribution in [0.2, 0.25) is 0 Å². The third-order valence-electron chi connectivity index (χ3n) is 2.56. The van der Waals surface area contributed by atoms with Gasteiger partial charge in [0.05, 0.1) is 12.7 Å². The van der Waals surface area contributed by atoms with Crippen molar-refractivity contribution >= 4 is 18.0 Å². The van der Waals surface area contributed by atoms with Crippen LogP contribution in [-0.4, -0.2) is 48.7 Å². The quantitative estimate of drug-likeness (QED) is 0.774. The molecule has 0 aliphatic heterocycles. The van der Waals surface area contributed by atoms with E-state index in [1.807, 2.05) is 0 Å². The van der Waals surface area contributed by atoms with Crippen molar-refractivity contribution in [3.8, 4) is 0 Å². The molecular weight excluding hydrogens is 264 g/mol. The fraction of sp³-hybridized carbons (Fsp3) is 0.308. The molecule has 0 spiro atoms. The average Bonchev–Trinajstić information content (AvgIpc) is 2.44. The van der Waals surface area contributed by atoms with Gasteiger partial charge >= 0.3 is 18.0 Å². The predicted molar refractivity (Wildman–Crippen MR) is 70.3 cm³/mol. The number of urea groups is 1. The lowest BCUT2D eigenvalue weighted by atomic mass is 10.1. The van der Waals surface area contributed by atoms with Gasteiger partial charge in [0.2, 0.25) is 0 Å². The van der Waals surface area contributed by atoms with Gasteiger partial charge in [-0.1, -0.05) is 12.1 Å². The molecule has 0 saturated carbocycles. The number of carbonyl (C=O) groups excluding carboxylic acids is 2. The minimum Gasteiger partial charge on any atom is -0.478 e. The molecule has 20 heavy (non-hydrogen) atoms. The maximum atomic E-state index is 11.7. The van der Waals surface area contributed by atoms with Crippen molar-refractivity contribution in [1.82, 2.24) is 10.2 Å². The fourth-order valence-corrected chi connectivity index (χ4v) is 1.46. The Kier molecular flexibility index (Phi) is 5.52. The molecule has 0 atom stereocenters. The largest absolute Gasteiger partial charge is 0.478 e. The SMILES string of the molecule is COC(=O)CN(C)C(=O)NCc1cccc(C(=O)O)c1. The summed E-state index contributed by atoms with van der Waals surface area (Å²) in [5.41, 5.74) is 0.810. The number of benzene rings is 1. The standard InChI is InChI=1S/C13H16N2O5/c1-15(8-11(16)20-2)13(19)14-7-9-4-3-5-10(6-9)12(17)18/h3-6H,7-8H2,1-2H3,(H,14,19)(H,17,18). The molecular formula is C13H16N2O5. The molecule has 0 heterocycles. The molecule has 108 valence electrons. The van der Waals surface area contributed by atoms with Gasteiger partial charge in [0.1, 0.15) is 6.54 Å². The number of rotatable bonds is 5. The zero-order chi connectivity index (χ0) is 15.1. The van der Waals surface area contributed by atoms with Gasteiger partial charge in [-0.05, 0) is 17.7 Å². The Morgan fingerprint density at radius 2 is 2.05 bits per heavy atom. The minimum atomic E-state index is -1.03. The third-order valence-corrected chi connectivity index (χ3v) is 2.56. The van der Waals surface area contributed by atoms with E-state index in [9.17, 15) is 14.4 Å². The second-order valence-corrected chi connectivity index (χ2v) is 4.10. The highest BCUT2D eigenvalue weighted by Crippen LogP contribution is 2.05. The number of aromatic carboxylic acids is 1. The van der Waals surface area contributed by atoms with Crippen LogP contribution in [0.4, 0.5) is 4.79 Å². The third kappa shape index (κ3) is 4.60. The second kappa shape index (κ2) is 7.13. The highest BCUT2D eigenvalue weighted by atomic mass is 16.5. The van der Waals surface area contributed by atoms with Crippen LogP contribution in [0.1, 0.15) is 15.9 Å². The monoisotopic (exact) mass is 280 g/mol. The highest BCUT2D eigenvalue weighted by molar-refractivity contribution is 5.87. The first-order chi connectivity index (χ1) is 9.43. The van der Waals surface area contributed by atoms with E-state index in [2.05, 4.69) is 10.1 Å². The summed E-state index contributed by atoms with van der Waals surface area (Å²) < 4.78 is 4.45. The minimum absolute atomic E-state index is 0.152. The van der Waals surface area contributed by atoms with Crippen LogP contribution >= 0.6 is 0 Å². The molecule has 0 radical (unpaired) electrons. The Bertz CT molecular complexity index is 515. The Hall–Kier alpha value is -2.57. The van der Waals surface area contributed by atoms with E-state index in [1.54, 1.807) is 12.1 Å². The van der Waals surface area contributed by atoms with Crippen molar-refractivity contribution in [1.29, 1.82) is 0 Å². The molecule has 1 aromatic carbocycles. The van der Waals surface area contributed by atoms with Crippen molar-refractivity contribution in [2.24, 2.45) is 0 Å². The van der Waals surface area contributed by atoms with Crippen LogP contribution in [0.3, 0.4) is 0 Å². The number of ether oxygens (including phenoxy) is 1. The lowest BCUT2D eigenvalue weighted by Crippen LogP contribution is -2.40. The van der Waals surface area contributed by atoms with Gasteiger partial charge in [-0.3, -0.25) is 4.79 Å². The van der Waals surface area contributed by atoms with Gasteiger partial charge in [0, 0.05) is 13.6 Å². The van der Waals surface area contributed by atoms with Crippen molar-refractivity contribution in [2.45, 2.75) is 6.54 Å². The number of carbonyl (C=O) groups is 3. The van der Waals surface area contributed by atoms with Gasteiger partial charge in [-0.2, -0.15) is 0 Å². The molecule has 7 nitrogen and oxygen atoms in total. The molecule has 1 aromatic rings. The maximum absolute atomic E-state index is 11.7.